The summed E-state index contributed by atoms with van der Waals surface area (Å²) >= 11 is 0. The molecule has 1 aliphatic rings. The number of allylic oxidation sites excluding steroid dienone is 2. The predicted octanol–water partition coefficient (Wildman–Crippen LogP) is 13.0. The van der Waals surface area contributed by atoms with Crippen molar-refractivity contribution in [1.82, 2.24) is 0 Å². The first-order valence-corrected chi connectivity index (χ1v) is 17.6. The van der Waals surface area contributed by atoms with Crippen LogP contribution < -0.4 is 0 Å². The quantitative estimate of drug-likeness (QED) is 0.131. The van der Waals surface area contributed by atoms with Crippen molar-refractivity contribution in [3.63, 3.8) is 0 Å². The Bertz CT molecular complexity index is 2530. The highest BCUT2D eigenvalue weighted by atomic mass is 16.3. The van der Waals surface area contributed by atoms with Gasteiger partial charge in [-0.15, -0.1) is 0 Å². The molecule has 0 spiro atoms. The average Bonchev–Trinajstić information content (AvgIpc) is 3.53. The van der Waals surface area contributed by atoms with Crippen molar-refractivity contribution in [1.29, 1.82) is 0 Å². The number of amidine groups is 1. The van der Waals surface area contributed by atoms with E-state index in [9.17, 15) is 0 Å². The lowest BCUT2D eigenvalue weighted by Crippen LogP contribution is -2.05. The van der Waals surface area contributed by atoms with Crippen LogP contribution in [0.4, 0.5) is 0 Å². The second kappa shape index (κ2) is 13.2. The van der Waals surface area contributed by atoms with Gasteiger partial charge in [0.15, 0.2) is 5.84 Å². The van der Waals surface area contributed by atoms with E-state index in [4.69, 9.17) is 14.4 Å². The fourth-order valence-corrected chi connectivity index (χ4v) is 7.49. The lowest BCUT2D eigenvalue weighted by Gasteiger charge is -2.22. The normalized spacial score (nSPS) is 14.2. The van der Waals surface area contributed by atoms with Crippen molar-refractivity contribution in [2.24, 2.45) is 9.98 Å². The lowest BCUT2D eigenvalue weighted by atomic mass is 9.82. The van der Waals surface area contributed by atoms with Crippen molar-refractivity contribution in [2.75, 3.05) is 0 Å². The Labute approximate surface area is 294 Å². The Hall–Kier alpha value is -5.80. The second-order valence-corrected chi connectivity index (χ2v) is 13.5. The fraction of sp³-hybridized carbons (Fsp3) is 0.149. The van der Waals surface area contributed by atoms with E-state index in [0.717, 1.165) is 56.1 Å². The summed E-state index contributed by atoms with van der Waals surface area (Å²) in [5, 5.41) is 4.38. The van der Waals surface area contributed by atoms with E-state index in [1.807, 2.05) is 37.3 Å². The number of hydrogen-bond donors (Lipinski definition) is 0. The highest BCUT2D eigenvalue weighted by Crippen LogP contribution is 2.41. The third-order valence-electron chi connectivity index (χ3n) is 10.2. The molecule has 6 aromatic carbocycles. The summed E-state index contributed by atoms with van der Waals surface area (Å²) in [5.74, 6) is 0.599. The van der Waals surface area contributed by atoms with Gasteiger partial charge in [-0.1, -0.05) is 115 Å². The van der Waals surface area contributed by atoms with Crippen molar-refractivity contribution < 1.29 is 4.42 Å². The van der Waals surface area contributed by atoms with E-state index in [1.165, 1.54) is 58.0 Å². The van der Waals surface area contributed by atoms with Crippen LogP contribution in [-0.4, -0.2) is 11.5 Å². The number of rotatable bonds is 6. The Morgan fingerprint density at radius 3 is 2.28 bits per heavy atom. The molecule has 0 bridgehead atoms. The summed E-state index contributed by atoms with van der Waals surface area (Å²) in [6, 6.07) is 44.5. The maximum atomic E-state index is 6.51. The third kappa shape index (κ3) is 5.90. The average molecular weight is 649 g/mol. The molecule has 0 unspecified atom stereocenters. The largest absolute Gasteiger partial charge is 0.456 e. The summed E-state index contributed by atoms with van der Waals surface area (Å²) < 4.78 is 6.51. The molecule has 7 aromatic rings. The molecule has 3 heteroatoms. The van der Waals surface area contributed by atoms with Gasteiger partial charge >= 0.3 is 0 Å². The molecule has 0 atom stereocenters. The summed E-state index contributed by atoms with van der Waals surface area (Å²) in [4.78, 5) is 10.4. The first-order valence-electron chi connectivity index (χ1n) is 17.6. The smallest absolute Gasteiger partial charge is 0.160 e. The SMILES string of the molecule is C=C(N=C(N=C(C)c1ccccc1)c1cccc2oc3ccc(-c4cccc(C)c4C4=C(C)CCCC4)cc3c12)c1ccc2ccccc2c1. The fourth-order valence-electron chi connectivity index (χ4n) is 7.49. The first kappa shape index (κ1) is 31.5. The van der Waals surface area contributed by atoms with Crippen molar-refractivity contribution in [3.05, 3.63) is 167 Å². The second-order valence-electron chi connectivity index (χ2n) is 13.5. The Morgan fingerprint density at radius 1 is 0.660 bits per heavy atom. The molecule has 0 N–H and O–H groups in total. The molecule has 1 aromatic heterocycles. The summed E-state index contributed by atoms with van der Waals surface area (Å²) in [7, 11) is 0. The van der Waals surface area contributed by atoms with Crippen LogP contribution in [0.15, 0.2) is 154 Å². The van der Waals surface area contributed by atoms with E-state index in [1.54, 1.807) is 0 Å². The molecule has 0 radical (unpaired) electrons. The monoisotopic (exact) mass is 648 g/mol. The van der Waals surface area contributed by atoms with E-state index >= 15 is 0 Å². The van der Waals surface area contributed by atoms with Gasteiger partial charge in [0.2, 0.25) is 0 Å². The Morgan fingerprint density at radius 2 is 1.44 bits per heavy atom. The van der Waals surface area contributed by atoms with Crippen LogP contribution in [0.25, 0.3) is 55.1 Å². The Balaban J connectivity index is 1.32. The first-order chi connectivity index (χ1) is 24.4. The molecule has 3 nitrogen and oxygen atoms in total. The number of aryl methyl sites for hydroxylation is 1. The van der Waals surface area contributed by atoms with Gasteiger partial charge in [-0.3, -0.25) is 0 Å². The molecule has 0 aliphatic heterocycles. The maximum absolute atomic E-state index is 6.51. The van der Waals surface area contributed by atoms with E-state index in [0.29, 0.717) is 11.5 Å². The molecule has 0 saturated heterocycles. The zero-order chi connectivity index (χ0) is 34.2. The molecular formula is C47H40N2O. The van der Waals surface area contributed by atoms with Crippen molar-refractivity contribution in [3.8, 4) is 11.1 Å². The van der Waals surface area contributed by atoms with E-state index in [2.05, 4.69) is 117 Å². The molecule has 1 heterocycles. The zero-order valence-corrected chi connectivity index (χ0v) is 29.0. The highest BCUT2D eigenvalue weighted by Gasteiger charge is 2.20. The lowest BCUT2D eigenvalue weighted by molar-refractivity contribution is 0.669. The molecule has 0 fully saturated rings. The molecule has 1 aliphatic carbocycles. The van der Waals surface area contributed by atoms with Gasteiger partial charge in [-0.2, -0.15) is 0 Å². The molecule has 50 heavy (non-hydrogen) atoms. The van der Waals surface area contributed by atoms with Gasteiger partial charge in [0, 0.05) is 27.6 Å². The topological polar surface area (TPSA) is 37.9 Å². The minimum absolute atomic E-state index is 0.599. The predicted molar refractivity (Wildman–Crippen MR) is 213 cm³/mol. The molecule has 244 valence electrons. The van der Waals surface area contributed by atoms with Gasteiger partial charge in [0.25, 0.3) is 0 Å². The van der Waals surface area contributed by atoms with E-state index in [-0.39, 0.29) is 0 Å². The van der Waals surface area contributed by atoms with Crippen molar-refractivity contribution in [2.45, 2.75) is 46.5 Å². The minimum Gasteiger partial charge on any atom is -0.456 e. The van der Waals surface area contributed by atoms with E-state index < -0.39 is 0 Å². The molecular weight excluding hydrogens is 609 g/mol. The van der Waals surface area contributed by atoms with Crippen LogP contribution in [-0.2, 0) is 0 Å². The highest BCUT2D eigenvalue weighted by molar-refractivity contribution is 6.22. The van der Waals surface area contributed by atoms with Gasteiger partial charge in [0.05, 0.1) is 5.70 Å². The molecule has 0 amide bonds. The third-order valence-corrected chi connectivity index (χ3v) is 10.2. The number of hydrogen-bond acceptors (Lipinski definition) is 2. The van der Waals surface area contributed by atoms with Crippen LogP contribution >= 0.6 is 0 Å². The number of aliphatic imine (C=N–C) groups is 2. The van der Waals surface area contributed by atoms with Crippen molar-refractivity contribution >= 4 is 55.5 Å². The zero-order valence-electron chi connectivity index (χ0n) is 29.0. The van der Waals surface area contributed by atoms with Gasteiger partial charge < -0.3 is 4.42 Å². The van der Waals surface area contributed by atoms with Crippen LogP contribution in [0.5, 0.6) is 0 Å². The van der Waals surface area contributed by atoms with Crippen LogP contribution in [0.2, 0.25) is 0 Å². The standard InChI is InChI=1S/C47H40N2O/c1-30-14-8-11-20-39(30)45-31(2)15-12-21-40(45)38-26-27-43-42(29-38)46-41(22-13-23-44(46)50-43)47(48-32(3)34-16-6-5-7-17-34)49-33(4)36-25-24-35-18-9-10-19-37(35)28-36/h5-7,9-10,12-13,15-19,21-29H,4,8,11,14,20H2,1-3H3. The molecule has 0 saturated carbocycles. The summed E-state index contributed by atoms with van der Waals surface area (Å²) in [6.07, 6.45) is 4.82. The Kier molecular flexibility index (Phi) is 8.34. The number of nitrogens with zero attached hydrogens (tertiary/aromatic N) is 2. The number of fused-ring (bicyclic) bond motifs is 4. The van der Waals surface area contributed by atoms with Gasteiger partial charge in [0.1, 0.15) is 11.2 Å². The van der Waals surface area contributed by atoms with Gasteiger partial charge in [-0.25, -0.2) is 9.98 Å². The minimum atomic E-state index is 0.599. The number of furan rings is 1. The number of benzene rings is 6. The van der Waals surface area contributed by atoms with Gasteiger partial charge in [-0.05, 0) is 115 Å². The summed E-state index contributed by atoms with van der Waals surface area (Å²) in [6.45, 7) is 11.0. The summed E-state index contributed by atoms with van der Waals surface area (Å²) in [5.41, 5.74) is 14.3. The van der Waals surface area contributed by atoms with Crippen LogP contribution in [0.3, 0.4) is 0 Å². The van der Waals surface area contributed by atoms with Crippen LogP contribution in [0, 0.1) is 6.92 Å². The van der Waals surface area contributed by atoms with Crippen LogP contribution in [0.1, 0.15) is 67.3 Å². The maximum Gasteiger partial charge on any atom is 0.160 e. The molecule has 8 rings (SSSR count).